The molecule has 0 spiro atoms. The molecule has 0 saturated heterocycles. The third-order valence-electron chi connectivity index (χ3n) is 3.60. The summed E-state index contributed by atoms with van der Waals surface area (Å²) in [4.78, 5) is 10.5. The van der Waals surface area contributed by atoms with E-state index in [1.165, 1.54) is 6.92 Å². The summed E-state index contributed by atoms with van der Waals surface area (Å²) in [5.41, 5.74) is 2.06. The van der Waals surface area contributed by atoms with Gasteiger partial charge < -0.3 is 9.26 Å². The molecule has 6 heteroatoms. The maximum absolute atomic E-state index is 11.0. The molecule has 0 aliphatic carbocycles. The van der Waals surface area contributed by atoms with Crippen molar-refractivity contribution in [2.24, 2.45) is 0 Å². The van der Waals surface area contributed by atoms with E-state index < -0.39 is 4.92 Å². The maximum atomic E-state index is 11.0. The summed E-state index contributed by atoms with van der Waals surface area (Å²) in [6.45, 7) is 2.02. The van der Waals surface area contributed by atoms with Crippen LogP contribution >= 0.6 is 0 Å². The van der Waals surface area contributed by atoms with Crippen LogP contribution in [-0.4, -0.2) is 10.1 Å². The van der Waals surface area contributed by atoms with E-state index in [4.69, 9.17) is 9.26 Å². The lowest BCUT2D eigenvalue weighted by Crippen LogP contribution is -1.94. The summed E-state index contributed by atoms with van der Waals surface area (Å²) >= 11 is 0. The van der Waals surface area contributed by atoms with Gasteiger partial charge in [-0.3, -0.25) is 10.1 Å². The molecule has 6 nitrogen and oxygen atoms in total. The van der Waals surface area contributed by atoms with Crippen molar-refractivity contribution in [3.05, 3.63) is 87.3 Å². The van der Waals surface area contributed by atoms with Crippen LogP contribution in [0.25, 0.3) is 12.2 Å². The van der Waals surface area contributed by atoms with Crippen molar-refractivity contribution in [3.8, 4) is 5.75 Å². The number of nitrogens with zero attached hydrogens (tertiary/aromatic N) is 2. The van der Waals surface area contributed by atoms with Gasteiger partial charge >= 0.3 is 5.69 Å². The van der Waals surface area contributed by atoms with Crippen molar-refractivity contribution in [3.63, 3.8) is 0 Å². The predicted molar refractivity (Wildman–Crippen MR) is 94.0 cm³/mol. The molecular formula is C19H16N2O4. The molecule has 0 fully saturated rings. The second kappa shape index (κ2) is 7.44. The molecule has 1 aromatic heterocycles. The zero-order valence-electron chi connectivity index (χ0n) is 13.6. The van der Waals surface area contributed by atoms with E-state index in [0.717, 1.165) is 16.9 Å². The molecule has 3 rings (SSSR count). The van der Waals surface area contributed by atoms with Crippen LogP contribution in [0.15, 0.2) is 59.1 Å². The molecule has 0 saturated carbocycles. The van der Waals surface area contributed by atoms with Crippen molar-refractivity contribution >= 4 is 17.8 Å². The fourth-order valence-corrected chi connectivity index (χ4v) is 2.31. The molecule has 0 unspecified atom stereocenters. The van der Waals surface area contributed by atoms with Gasteiger partial charge in [0, 0.05) is 6.92 Å². The first-order valence-corrected chi connectivity index (χ1v) is 7.69. The van der Waals surface area contributed by atoms with Gasteiger partial charge in [0.25, 0.3) is 0 Å². The number of nitro groups is 1. The maximum Gasteiger partial charge on any atom is 0.338 e. The van der Waals surface area contributed by atoms with Crippen LogP contribution in [0.4, 0.5) is 5.69 Å². The smallest absolute Gasteiger partial charge is 0.338 e. The molecule has 0 amide bonds. The molecule has 0 radical (unpaired) electrons. The lowest BCUT2D eigenvalue weighted by atomic mass is 10.2. The number of rotatable bonds is 6. The number of hydrogen-bond acceptors (Lipinski definition) is 5. The number of aromatic nitrogens is 1. The zero-order valence-corrected chi connectivity index (χ0v) is 13.6. The average Bonchev–Trinajstić information content (AvgIpc) is 3.01. The number of hydrogen-bond donors (Lipinski definition) is 0. The summed E-state index contributed by atoms with van der Waals surface area (Å²) in [6, 6.07) is 17.4. The highest BCUT2D eigenvalue weighted by Crippen LogP contribution is 2.24. The van der Waals surface area contributed by atoms with Crippen LogP contribution in [0.2, 0.25) is 0 Å². The van der Waals surface area contributed by atoms with Crippen molar-refractivity contribution in [2.75, 3.05) is 0 Å². The highest BCUT2D eigenvalue weighted by atomic mass is 16.6. The second-order valence-electron chi connectivity index (χ2n) is 5.41. The fourth-order valence-electron chi connectivity index (χ4n) is 2.31. The molecule has 1 heterocycles. The standard InChI is InChI=1S/C19H16N2O4/c1-14-19(21(22)23)18(20-25-14)12-9-15-7-10-17(11-8-15)24-13-16-5-3-2-4-6-16/h2-12H,13H2,1H3/b12-9+. The minimum atomic E-state index is -0.494. The monoisotopic (exact) mass is 336 g/mol. The second-order valence-corrected chi connectivity index (χ2v) is 5.41. The van der Waals surface area contributed by atoms with Crippen LogP contribution in [0.5, 0.6) is 5.75 Å². The van der Waals surface area contributed by atoms with E-state index in [9.17, 15) is 10.1 Å². The molecule has 2 aromatic carbocycles. The summed E-state index contributed by atoms with van der Waals surface area (Å²) in [5.74, 6) is 0.943. The summed E-state index contributed by atoms with van der Waals surface area (Å²) in [6.07, 6.45) is 3.31. The van der Waals surface area contributed by atoms with Crippen LogP contribution < -0.4 is 4.74 Å². The van der Waals surface area contributed by atoms with Gasteiger partial charge in [-0.2, -0.15) is 0 Å². The number of benzene rings is 2. The van der Waals surface area contributed by atoms with Gasteiger partial charge in [-0.15, -0.1) is 0 Å². The Bertz CT molecular complexity index is 884. The zero-order chi connectivity index (χ0) is 17.6. The Morgan fingerprint density at radius 3 is 2.52 bits per heavy atom. The van der Waals surface area contributed by atoms with Crippen LogP contribution in [0.3, 0.4) is 0 Å². The van der Waals surface area contributed by atoms with Gasteiger partial charge in [0.15, 0.2) is 5.69 Å². The molecule has 0 aliphatic heterocycles. The third kappa shape index (κ3) is 4.11. The lowest BCUT2D eigenvalue weighted by molar-refractivity contribution is -0.386. The molecule has 126 valence electrons. The average molecular weight is 336 g/mol. The largest absolute Gasteiger partial charge is 0.489 e. The Morgan fingerprint density at radius 2 is 1.84 bits per heavy atom. The van der Waals surface area contributed by atoms with E-state index in [1.54, 1.807) is 12.2 Å². The van der Waals surface area contributed by atoms with Gasteiger partial charge in [0.2, 0.25) is 5.76 Å². The Kier molecular flexibility index (Phi) is 4.89. The van der Waals surface area contributed by atoms with Crippen molar-refractivity contribution in [1.29, 1.82) is 0 Å². The highest BCUT2D eigenvalue weighted by Gasteiger charge is 2.21. The normalized spacial score (nSPS) is 10.9. The van der Waals surface area contributed by atoms with Gasteiger partial charge in [-0.05, 0) is 29.3 Å². The van der Waals surface area contributed by atoms with Crippen molar-refractivity contribution in [2.45, 2.75) is 13.5 Å². The Balaban J connectivity index is 1.66. The Labute approximate surface area is 144 Å². The van der Waals surface area contributed by atoms with E-state index in [2.05, 4.69) is 5.16 Å². The van der Waals surface area contributed by atoms with Crippen molar-refractivity contribution < 1.29 is 14.2 Å². The summed E-state index contributed by atoms with van der Waals surface area (Å²) in [7, 11) is 0. The van der Waals surface area contributed by atoms with Gasteiger partial charge in [0.05, 0.1) is 4.92 Å². The third-order valence-corrected chi connectivity index (χ3v) is 3.60. The first-order chi connectivity index (χ1) is 12.1. The quantitative estimate of drug-likeness (QED) is 0.484. The number of aryl methyl sites for hydroxylation is 1. The van der Waals surface area contributed by atoms with Crippen LogP contribution in [0.1, 0.15) is 22.6 Å². The van der Waals surface area contributed by atoms with Gasteiger partial charge in [0.1, 0.15) is 12.4 Å². The van der Waals surface area contributed by atoms with Crippen molar-refractivity contribution in [1.82, 2.24) is 5.16 Å². The molecule has 25 heavy (non-hydrogen) atoms. The Hall–Kier alpha value is -3.41. The van der Waals surface area contributed by atoms with E-state index in [-0.39, 0.29) is 17.1 Å². The molecule has 3 aromatic rings. The summed E-state index contributed by atoms with van der Waals surface area (Å²) in [5, 5.41) is 14.7. The van der Waals surface area contributed by atoms with E-state index in [0.29, 0.717) is 6.61 Å². The first-order valence-electron chi connectivity index (χ1n) is 7.69. The van der Waals surface area contributed by atoms with Crippen LogP contribution in [-0.2, 0) is 6.61 Å². The molecule has 0 bridgehead atoms. The van der Waals surface area contributed by atoms with Crippen LogP contribution in [0, 0.1) is 17.0 Å². The van der Waals surface area contributed by atoms with Gasteiger partial charge in [-0.1, -0.05) is 53.7 Å². The van der Waals surface area contributed by atoms with E-state index >= 15 is 0 Å². The minimum Gasteiger partial charge on any atom is -0.489 e. The lowest BCUT2D eigenvalue weighted by Gasteiger charge is -2.06. The topological polar surface area (TPSA) is 78.4 Å². The SMILES string of the molecule is Cc1onc(/C=C/c2ccc(OCc3ccccc3)cc2)c1[N+](=O)[O-]. The Morgan fingerprint density at radius 1 is 1.12 bits per heavy atom. The van der Waals surface area contributed by atoms with E-state index in [1.807, 2.05) is 54.6 Å². The highest BCUT2D eigenvalue weighted by molar-refractivity contribution is 5.72. The fraction of sp³-hybridized carbons (Fsp3) is 0.105. The first kappa shape index (κ1) is 16.4. The minimum absolute atomic E-state index is 0.112. The number of ether oxygens (including phenoxy) is 1. The predicted octanol–water partition coefficient (Wildman–Crippen LogP) is 4.64. The molecule has 0 aliphatic rings. The van der Waals surface area contributed by atoms with Gasteiger partial charge in [-0.25, -0.2) is 0 Å². The molecule has 0 N–H and O–H groups in total. The molecule has 0 atom stereocenters. The molecular weight excluding hydrogens is 320 g/mol. The summed E-state index contributed by atoms with van der Waals surface area (Å²) < 4.78 is 10.6.